The first-order valence-corrected chi connectivity index (χ1v) is 7.90. The lowest BCUT2D eigenvalue weighted by atomic mass is 10.0. The van der Waals surface area contributed by atoms with Crippen LogP contribution in [0.2, 0.25) is 0 Å². The van der Waals surface area contributed by atoms with Crippen molar-refractivity contribution in [1.29, 1.82) is 0 Å². The Hall–Kier alpha value is -1.53. The highest BCUT2D eigenvalue weighted by Gasteiger charge is 2.36. The van der Waals surface area contributed by atoms with Crippen molar-refractivity contribution in [3.63, 3.8) is 0 Å². The Kier molecular flexibility index (Phi) is 5.23. The summed E-state index contributed by atoms with van der Waals surface area (Å²) in [5, 5.41) is 1.16. The van der Waals surface area contributed by atoms with Crippen LogP contribution in [0.15, 0.2) is 36.5 Å². The van der Waals surface area contributed by atoms with E-state index >= 15 is 0 Å². The molecule has 0 radical (unpaired) electrons. The Bertz CT molecular complexity index is 649. The maximum atomic E-state index is 5.69. The molecule has 0 amide bonds. The van der Waals surface area contributed by atoms with Gasteiger partial charge in [-0.05, 0) is 30.8 Å². The average Bonchev–Trinajstić information content (AvgIpc) is 2.60. The number of pyridine rings is 1. The number of fused-ring (bicyclic) bond motifs is 1. The Balaban J connectivity index is 1.74. The Morgan fingerprint density at radius 1 is 1.22 bits per heavy atom. The minimum Gasteiger partial charge on any atom is -0.377 e. The summed E-state index contributed by atoms with van der Waals surface area (Å²) in [6.07, 6.45) is 1.81. The van der Waals surface area contributed by atoms with Crippen molar-refractivity contribution in [3.8, 4) is 0 Å². The van der Waals surface area contributed by atoms with Crippen LogP contribution < -0.4 is 0 Å². The fraction of sp³-hybridized carbons (Fsp3) is 0.500. The molecule has 1 aliphatic rings. The zero-order chi connectivity index (χ0) is 16.2. The van der Waals surface area contributed by atoms with Gasteiger partial charge in [0, 0.05) is 32.3 Å². The molecule has 0 saturated carbocycles. The summed E-state index contributed by atoms with van der Waals surface area (Å²) in [4.78, 5) is 6.64. The minimum atomic E-state index is -0.0259. The fourth-order valence-corrected chi connectivity index (χ4v) is 3.26. The zero-order valence-electron chi connectivity index (χ0n) is 13.9. The normalized spacial score (nSPS) is 25.1. The van der Waals surface area contributed by atoms with Crippen LogP contribution in [0.5, 0.6) is 0 Å². The van der Waals surface area contributed by atoms with Gasteiger partial charge in [-0.25, -0.2) is 0 Å². The zero-order valence-corrected chi connectivity index (χ0v) is 13.9. The van der Waals surface area contributed by atoms with Gasteiger partial charge in [0.15, 0.2) is 0 Å². The van der Waals surface area contributed by atoms with Gasteiger partial charge in [-0.15, -0.1) is 0 Å². The summed E-state index contributed by atoms with van der Waals surface area (Å²) in [5.41, 5.74) is 2.27. The number of rotatable bonds is 5. The predicted octanol–water partition coefficient (Wildman–Crippen LogP) is 2.10. The highest BCUT2D eigenvalue weighted by atomic mass is 16.6. The summed E-state index contributed by atoms with van der Waals surface area (Å²) in [6.45, 7) is 2.07. The van der Waals surface area contributed by atoms with Crippen molar-refractivity contribution >= 4 is 10.9 Å². The smallest absolute Gasteiger partial charge is 0.108 e. The van der Waals surface area contributed by atoms with E-state index in [-0.39, 0.29) is 18.2 Å². The van der Waals surface area contributed by atoms with Gasteiger partial charge in [0.2, 0.25) is 0 Å². The standard InChI is InChI=1S/C18H24N2O3/c1-20(16-11-23-12-17(21-2)18(16)22-3)10-13-6-7-15-14(9-13)5-4-8-19-15/h4-9,16-18H,10-12H2,1-3H3/t16-,17-,18+/m1/s1. The van der Waals surface area contributed by atoms with E-state index in [9.17, 15) is 0 Å². The van der Waals surface area contributed by atoms with E-state index in [1.165, 1.54) is 5.56 Å². The molecule has 1 fully saturated rings. The Labute approximate surface area is 137 Å². The number of nitrogens with zero attached hydrogens (tertiary/aromatic N) is 2. The van der Waals surface area contributed by atoms with Gasteiger partial charge in [-0.3, -0.25) is 9.88 Å². The third-order valence-corrected chi connectivity index (χ3v) is 4.56. The maximum absolute atomic E-state index is 5.69. The molecule has 0 unspecified atom stereocenters. The molecule has 1 saturated heterocycles. The quantitative estimate of drug-likeness (QED) is 0.845. The van der Waals surface area contributed by atoms with Crippen LogP contribution in [-0.2, 0) is 20.8 Å². The molecule has 0 bridgehead atoms. The molecule has 0 spiro atoms. The number of ether oxygens (including phenoxy) is 3. The molecular formula is C18H24N2O3. The second kappa shape index (κ2) is 7.36. The predicted molar refractivity (Wildman–Crippen MR) is 89.4 cm³/mol. The van der Waals surface area contributed by atoms with Gasteiger partial charge in [0.25, 0.3) is 0 Å². The van der Waals surface area contributed by atoms with Gasteiger partial charge >= 0.3 is 0 Å². The van der Waals surface area contributed by atoms with Crippen LogP contribution in [0.4, 0.5) is 0 Å². The summed E-state index contributed by atoms with van der Waals surface area (Å²) < 4.78 is 16.9. The minimum absolute atomic E-state index is 0.0147. The molecule has 5 nitrogen and oxygen atoms in total. The maximum Gasteiger partial charge on any atom is 0.108 e. The molecule has 5 heteroatoms. The number of hydrogen-bond acceptors (Lipinski definition) is 5. The number of hydrogen-bond donors (Lipinski definition) is 0. The van der Waals surface area contributed by atoms with Gasteiger partial charge < -0.3 is 14.2 Å². The molecule has 2 aromatic rings. The number of methoxy groups -OCH3 is 2. The van der Waals surface area contributed by atoms with Crippen LogP contribution >= 0.6 is 0 Å². The monoisotopic (exact) mass is 316 g/mol. The fourth-order valence-electron chi connectivity index (χ4n) is 3.26. The van der Waals surface area contributed by atoms with Crippen LogP contribution in [-0.4, -0.2) is 62.6 Å². The molecule has 3 atom stereocenters. The second-order valence-corrected chi connectivity index (χ2v) is 6.02. The van der Waals surface area contributed by atoms with E-state index in [4.69, 9.17) is 14.2 Å². The summed E-state index contributed by atoms with van der Waals surface area (Å²) >= 11 is 0. The van der Waals surface area contributed by atoms with Crippen LogP contribution in [0.25, 0.3) is 10.9 Å². The SMILES string of the molecule is CO[C@H]1[C@H](N(C)Cc2ccc3ncccc3c2)COC[C@H]1OC. The summed E-state index contributed by atoms with van der Waals surface area (Å²) in [5.74, 6) is 0. The Morgan fingerprint density at radius 2 is 2.09 bits per heavy atom. The molecule has 0 N–H and O–H groups in total. The van der Waals surface area contributed by atoms with E-state index in [0.29, 0.717) is 13.2 Å². The molecule has 23 heavy (non-hydrogen) atoms. The third-order valence-electron chi connectivity index (χ3n) is 4.56. The van der Waals surface area contributed by atoms with Crippen molar-refractivity contribution in [2.45, 2.75) is 24.8 Å². The second-order valence-electron chi connectivity index (χ2n) is 6.02. The molecule has 1 aliphatic heterocycles. The highest BCUT2D eigenvalue weighted by Crippen LogP contribution is 2.21. The van der Waals surface area contributed by atoms with Crippen molar-refractivity contribution in [3.05, 3.63) is 42.1 Å². The molecule has 2 heterocycles. The van der Waals surface area contributed by atoms with Crippen molar-refractivity contribution in [2.24, 2.45) is 0 Å². The summed E-state index contributed by atoms with van der Waals surface area (Å²) in [7, 11) is 5.55. The van der Waals surface area contributed by atoms with E-state index in [1.807, 2.05) is 12.3 Å². The van der Waals surface area contributed by atoms with Crippen LogP contribution in [0.1, 0.15) is 5.56 Å². The summed E-state index contributed by atoms with van der Waals surface area (Å²) in [6, 6.07) is 10.6. The van der Waals surface area contributed by atoms with E-state index in [1.54, 1.807) is 14.2 Å². The molecule has 0 aliphatic carbocycles. The third kappa shape index (κ3) is 3.53. The van der Waals surface area contributed by atoms with Crippen molar-refractivity contribution in [2.75, 3.05) is 34.5 Å². The van der Waals surface area contributed by atoms with E-state index < -0.39 is 0 Å². The van der Waals surface area contributed by atoms with Gasteiger partial charge in [-0.2, -0.15) is 0 Å². The molecule has 1 aromatic heterocycles. The molecule has 1 aromatic carbocycles. The number of benzene rings is 1. The molecule has 3 rings (SSSR count). The van der Waals surface area contributed by atoms with Gasteiger partial charge in [0.1, 0.15) is 12.2 Å². The first kappa shape index (κ1) is 16.3. The van der Waals surface area contributed by atoms with Crippen LogP contribution in [0.3, 0.4) is 0 Å². The van der Waals surface area contributed by atoms with Crippen molar-refractivity contribution in [1.82, 2.24) is 9.88 Å². The van der Waals surface area contributed by atoms with Gasteiger partial charge in [0.05, 0.1) is 24.8 Å². The molecular weight excluding hydrogens is 292 g/mol. The lowest BCUT2D eigenvalue weighted by molar-refractivity contribution is -0.153. The van der Waals surface area contributed by atoms with Crippen molar-refractivity contribution < 1.29 is 14.2 Å². The lowest BCUT2D eigenvalue weighted by Gasteiger charge is -2.40. The Morgan fingerprint density at radius 3 is 2.87 bits per heavy atom. The van der Waals surface area contributed by atoms with Gasteiger partial charge in [-0.1, -0.05) is 12.1 Å². The largest absolute Gasteiger partial charge is 0.377 e. The van der Waals surface area contributed by atoms with E-state index in [2.05, 4.69) is 41.2 Å². The number of aromatic nitrogens is 1. The van der Waals surface area contributed by atoms with E-state index in [0.717, 1.165) is 17.4 Å². The first-order chi connectivity index (χ1) is 11.2. The average molecular weight is 316 g/mol. The lowest BCUT2D eigenvalue weighted by Crippen LogP contribution is -2.56. The topological polar surface area (TPSA) is 43.8 Å². The first-order valence-electron chi connectivity index (χ1n) is 7.90. The highest BCUT2D eigenvalue weighted by molar-refractivity contribution is 5.78. The number of likely N-dealkylation sites (N-methyl/N-ethyl adjacent to an activating group) is 1. The molecule has 124 valence electrons. The van der Waals surface area contributed by atoms with Crippen LogP contribution in [0, 0.1) is 0 Å².